The van der Waals surface area contributed by atoms with E-state index in [1.807, 2.05) is 48.5 Å². The van der Waals surface area contributed by atoms with Crippen LogP contribution < -0.4 is 0 Å². The Bertz CT molecular complexity index is 4430. The lowest BCUT2D eigenvalue weighted by atomic mass is 9.96. The first-order valence-electron chi connectivity index (χ1n) is 24.3. The fraction of sp³-hybridized carbons (Fsp3) is 0.0303. The number of nitriles is 4. The number of aromatic nitrogens is 2. The van der Waals surface area contributed by atoms with Gasteiger partial charge in [0.2, 0.25) is 0 Å². The molecule has 0 radical (unpaired) electrons. The van der Waals surface area contributed by atoms with Gasteiger partial charge in [0.15, 0.2) is 0 Å². The molecule has 0 aliphatic carbocycles. The number of hydrogen-bond donors (Lipinski definition) is 0. The molecule has 6 nitrogen and oxygen atoms in total. The average Bonchev–Trinajstić information content (AvgIpc) is 4.21. The fourth-order valence-electron chi connectivity index (χ4n) is 10.6. The molecule has 0 spiro atoms. The van der Waals surface area contributed by atoms with Crippen molar-refractivity contribution in [2.45, 2.75) is 12.4 Å². The Morgan fingerprint density at radius 2 is 0.615 bits per heavy atom. The molecular formula is C66H34F6N6. The molecule has 12 heteroatoms. The zero-order valence-corrected chi connectivity index (χ0v) is 40.6. The van der Waals surface area contributed by atoms with Gasteiger partial charge in [0.05, 0.1) is 91.1 Å². The summed E-state index contributed by atoms with van der Waals surface area (Å²) >= 11 is 0. The summed E-state index contributed by atoms with van der Waals surface area (Å²) < 4.78 is 98.0. The highest BCUT2D eigenvalue weighted by Gasteiger charge is 2.38. The number of hydrogen-bond acceptors (Lipinski definition) is 4. The second-order valence-electron chi connectivity index (χ2n) is 18.8. The lowest BCUT2D eigenvalue weighted by Crippen LogP contribution is -2.13. The van der Waals surface area contributed by atoms with Gasteiger partial charge < -0.3 is 9.13 Å². The van der Waals surface area contributed by atoms with E-state index >= 15 is 13.2 Å². The first-order chi connectivity index (χ1) is 37.7. The van der Waals surface area contributed by atoms with Gasteiger partial charge in [-0.2, -0.15) is 47.4 Å². The highest BCUT2D eigenvalue weighted by atomic mass is 19.4. The van der Waals surface area contributed by atoms with Gasteiger partial charge in [0.1, 0.15) is 0 Å². The smallest absolute Gasteiger partial charge is 0.309 e. The average molecular weight is 1030 g/mol. The van der Waals surface area contributed by atoms with Crippen LogP contribution in [-0.4, -0.2) is 9.13 Å². The molecule has 0 amide bonds. The van der Waals surface area contributed by atoms with Crippen molar-refractivity contribution < 1.29 is 26.3 Å². The van der Waals surface area contributed by atoms with Gasteiger partial charge in [0, 0.05) is 27.1 Å². The minimum absolute atomic E-state index is 0.0238. The number of rotatable bonds is 7. The van der Waals surface area contributed by atoms with Gasteiger partial charge in [-0.1, -0.05) is 109 Å². The predicted molar refractivity (Wildman–Crippen MR) is 291 cm³/mol. The Morgan fingerprint density at radius 3 is 0.949 bits per heavy atom. The van der Waals surface area contributed by atoms with Gasteiger partial charge >= 0.3 is 12.4 Å². The van der Waals surface area contributed by atoms with Crippen LogP contribution >= 0.6 is 0 Å². The van der Waals surface area contributed by atoms with Crippen LogP contribution in [0.1, 0.15) is 33.4 Å². The lowest BCUT2D eigenvalue weighted by molar-refractivity contribution is -0.138. The Balaban J connectivity index is 1.24. The third-order valence-corrected chi connectivity index (χ3v) is 14.2. The predicted octanol–water partition coefficient (Wildman–Crippen LogP) is 17.7. The minimum atomic E-state index is -5.10. The van der Waals surface area contributed by atoms with E-state index in [0.717, 1.165) is 18.2 Å². The zero-order valence-electron chi connectivity index (χ0n) is 40.6. The molecule has 10 aromatic carbocycles. The summed E-state index contributed by atoms with van der Waals surface area (Å²) in [5.74, 6) is 0. The van der Waals surface area contributed by atoms with Crippen LogP contribution in [0.3, 0.4) is 0 Å². The maximum atomic E-state index is 16.7. The fourth-order valence-corrected chi connectivity index (χ4v) is 10.6. The van der Waals surface area contributed by atoms with Crippen LogP contribution in [0.25, 0.3) is 111 Å². The normalized spacial score (nSPS) is 11.7. The third-order valence-electron chi connectivity index (χ3n) is 14.2. The Morgan fingerprint density at radius 1 is 0.295 bits per heavy atom. The number of alkyl halides is 6. The quantitative estimate of drug-likeness (QED) is 0.148. The molecule has 78 heavy (non-hydrogen) atoms. The summed E-state index contributed by atoms with van der Waals surface area (Å²) in [5, 5.41) is 41.7. The lowest BCUT2D eigenvalue weighted by Gasteiger charge is -2.23. The molecule has 0 N–H and O–H groups in total. The summed E-state index contributed by atoms with van der Waals surface area (Å²) in [4.78, 5) is 0. The van der Waals surface area contributed by atoms with E-state index in [9.17, 15) is 34.2 Å². The van der Waals surface area contributed by atoms with E-state index in [-0.39, 0.29) is 22.5 Å². The van der Waals surface area contributed by atoms with Crippen LogP contribution in [0.2, 0.25) is 0 Å². The first-order valence-corrected chi connectivity index (χ1v) is 24.3. The Hall–Kier alpha value is -10.7. The molecule has 12 aromatic rings. The van der Waals surface area contributed by atoms with E-state index < -0.39 is 23.5 Å². The SMILES string of the molecule is N#Cc1cccc(-c2ccc3c4ccc(-c5cccc(C#N)c5)cc4n(-c4cc(C(F)(F)F)c(-n5c6cc(-c7cccc(C#N)c7)ccc6c6ccc(-c7cccc(C#N)c7)cc65)cc4-c4cccc(C(F)(F)F)c4)c3c2)c1. The van der Waals surface area contributed by atoms with Gasteiger partial charge in [-0.25, -0.2) is 0 Å². The molecule has 12 rings (SSSR count). The molecule has 0 saturated carbocycles. The second-order valence-corrected chi connectivity index (χ2v) is 18.8. The summed E-state index contributed by atoms with van der Waals surface area (Å²) in [6.07, 6.45) is -9.93. The van der Waals surface area contributed by atoms with E-state index in [4.69, 9.17) is 0 Å². The third kappa shape index (κ3) is 8.41. The molecule has 0 saturated heterocycles. The topological polar surface area (TPSA) is 105 Å². The van der Waals surface area contributed by atoms with Crippen molar-refractivity contribution in [1.82, 2.24) is 9.13 Å². The number of nitrogens with zero attached hydrogens (tertiary/aromatic N) is 6. The molecule has 2 aromatic heterocycles. The molecule has 0 aliphatic rings. The number of benzene rings is 10. The van der Waals surface area contributed by atoms with Crippen LogP contribution in [0.15, 0.2) is 206 Å². The molecule has 370 valence electrons. The summed E-state index contributed by atoms with van der Waals surface area (Å²) in [6.45, 7) is 0. The van der Waals surface area contributed by atoms with Gasteiger partial charge in [0.25, 0.3) is 0 Å². The summed E-state index contributed by atoms with van der Waals surface area (Å²) in [5.41, 5.74) is 5.42. The van der Waals surface area contributed by atoms with Gasteiger partial charge in [-0.15, -0.1) is 0 Å². The van der Waals surface area contributed by atoms with Crippen LogP contribution in [0, 0.1) is 45.3 Å². The molecule has 0 bridgehead atoms. The van der Waals surface area contributed by atoms with Crippen LogP contribution in [-0.2, 0) is 12.4 Å². The van der Waals surface area contributed by atoms with E-state index in [1.54, 1.807) is 126 Å². The standard InChI is InChI=1S/C66H34F6N6/c67-65(68,69)52-15-5-14-51(28-52)57-33-64(78-61-31-49(45-12-3-8-41(26-45)37-75)18-22-55(61)56-23-19-50(32-62(56)78)46-13-4-9-42(27-46)38-76)58(66(70,71)72)34-63(57)77-59-29-47(43-10-1-6-39(24-43)35-73)16-20-53(59)54-21-17-48(30-60(54)77)44-11-2-7-40(25-44)36-74/h1-34H. The highest BCUT2D eigenvalue weighted by molar-refractivity contribution is 6.13. The van der Waals surface area contributed by atoms with Crippen molar-refractivity contribution in [3.8, 4) is 91.3 Å². The van der Waals surface area contributed by atoms with Crippen LogP contribution in [0.5, 0.6) is 0 Å². The monoisotopic (exact) mass is 1020 g/mol. The Labute approximate surface area is 441 Å². The summed E-state index contributed by atoms with van der Waals surface area (Å²) in [6, 6.07) is 64.6. The van der Waals surface area contributed by atoms with E-state index in [2.05, 4.69) is 24.3 Å². The van der Waals surface area contributed by atoms with Crippen molar-refractivity contribution >= 4 is 43.6 Å². The van der Waals surface area contributed by atoms with Gasteiger partial charge in [-0.3, -0.25) is 0 Å². The second kappa shape index (κ2) is 18.6. The highest BCUT2D eigenvalue weighted by Crippen LogP contribution is 2.47. The van der Waals surface area contributed by atoms with Gasteiger partial charge in [-0.05, 0) is 147 Å². The first kappa shape index (κ1) is 48.3. The molecule has 0 unspecified atom stereocenters. The molecule has 0 aliphatic heterocycles. The van der Waals surface area contributed by atoms with Crippen molar-refractivity contribution in [3.05, 3.63) is 240 Å². The summed E-state index contributed by atoms with van der Waals surface area (Å²) in [7, 11) is 0. The Kier molecular flexibility index (Phi) is 11.5. The molecule has 0 atom stereocenters. The van der Waals surface area contributed by atoms with Crippen molar-refractivity contribution in [1.29, 1.82) is 21.0 Å². The van der Waals surface area contributed by atoms with E-state index in [1.165, 1.54) is 22.8 Å². The van der Waals surface area contributed by atoms with Crippen molar-refractivity contribution in [2.24, 2.45) is 0 Å². The largest absolute Gasteiger partial charge is 0.418 e. The molecule has 2 heterocycles. The number of halogens is 6. The maximum Gasteiger partial charge on any atom is 0.418 e. The molecular weight excluding hydrogens is 991 g/mol. The van der Waals surface area contributed by atoms with Crippen molar-refractivity contribution in [3.63, 3.8) is 0 Å². The van der Waals surface area contributed by atoms with E-state index in [0.29, 0.717) is 110 Å². The maximum absolute atomic E-state index is 16.7. The van der Waals surface area contributed by atoms with Crippen LogP contribution in [0.4, 0.5) is 26.3 Å². The number of fused-ring (bicyclic) bond motifs is 6. The minimum Gasteiger partial charge on any atom is -0.309 e. The van der Waals surface area contributed by atoms with Crippen molar-refractivity contribution in [2.75, 3.05) is 0 Å². The molecule has 0 fully saturated rings. The zero-order chi connectivity index (χ0) is 54.0.